The Kier molecular flexibility index (Phi) is 7.79. The number of guanidine groups is 1. The zero-order valence-electron chi connectivity index (χ0n) is 16.9. The molecule has 0 bridgehead atoms. The van der Waals surface area contributed by atoms with Gasteiger partial charge in [0, 0.05) is 39.9 Å². The van der Waals surface area contributed by atoms with Crippen molar-refractivity contribution in [2.24, 2.45) is 4.99 Å². The Bertz CT molecular complexity index is 742. The number of nitrogens with zero attached hydrogens (tertiary/aromatic N) is 2. The predicted octanol–water partition coefficient (Wildman–Crippen LogP) is 2.68. The van der Waals surface area contributed by atoms with Gasteiger partial charge in [-0.1, -0.05) is 18.2 Å². The number of methoxy groups -OCH3 is 2. The monoisotopic (exact) mass is 370 g/mol. The van der Waals surface area contributed by atoms with Crippen molar-refractivity contribution in [3.63, 3.8) is 0 Å². The van der Waals surface area contributed by atoms with Crippen molar-refractivity contribution in [1.29, 1.82) is 0 Å². The molecule has 6 nitrogen and oxygen atoms in total. The molecule has 27 heavy (non-hydrogen) atoms. The minimum Gasteiger partial charge on any atom is -0.493 e. The molecular formula is C21H30N4O2. The van der Waals surface area contributed by atoms with Crippen molar-refractivity contribution in [1.82, 2.24) is 10.6 Å². The fraction of sp³-hybridized carbons (Fsp3) is 0.381. The highest BCUT2D eigenvalue weighted by Crippen LogP contribution is 2.27. The first-order chi connectivity index (χ1) is 13.1. The van der Waals surface area contributed by atoms with Crippen molar-refractivity contribution in [2.75, 3.05) is 46.8 Å². The summed E-state index contributed by atoms with van der Waals surface area (Å²) in [5.74, 6) is 2.22. The topological polar surface area (TPSA) is 58.1 Å². The largest absolute Gasteiger partial charge is 0.493 e. The summed E-state index contributed by atoms with van der Waals surface area (Å²) >= 11 is 0. The van der Waals surface area contributed by atoms with Gasteiger partial charge in [-0.3, -0.25) is 4.99 Å². The van der Waals surface area contributed by atoms with Crippen LogP contribution in [0.4, 0.5) is 5.69 Å². The number of anilines is 1. The van der Waals surface area contributed by atoms with Gasteiger partial charge in [0.2, 0.25) is 0 Å². The molecule has 0 unspecified atom stereocenters. The van der Waals surface area contributed by atoms with E-state index in [4.69, 9.17) is 9.47 Å². The van der Waals surface area contributed by atoms with Gasteiger partial charge >= 0.3 is 0 Å². The molecule has 0 saturated heterocycles. The van der Waals surface area contributed by atoms with Gasteiger partial charge in [0.25, 0.3) is 0 Å². The van der Waals surface area contributed by atoms with E-state index < -0.39 is 0 Å². The standard InChI is InChI=1S/C21H30N4O2/c1-22-21(23-13-12-16-6-9-18(10-7-16)25(2)3)24-15-17-8-11-19(26-4)20(14-17)27-5/h6-11,14H,12-13,15H2,1-5H3,(H2,22,23,24). The molecular weight excluding hydrogens is 340 g/mol. The van der Waals surface area contributed by atoms with Crippen LogP contribution in [0.1, 0.15) is 11.1 Å². The summed E-state index contributed by atoms with van der Waals surface area (Å²) in [5.41, 5.74) is 3.59. The van der Waals surface area contributed by atoms with Crippen LogP contribution in [-0.4, -0.2) is 47.9 Å². The first kappa shape index (κ1) is 20.4. The fourth-order valence-corrected chi connectivity index (χ4v) is 2.68. The lowest BCUT2D eigenvalue weighted by Gasteiger charge is -2.14. The van der Waals surface area contributed by atoms with Crippen LogP contribution in [0.15, 0.2) is 47.5 Å². The minimum atomic E-state index is 0.650. The molecule has 0 aliphatic heterocycles. The van der Waals surface area contributed by atoms with Gasteiger partial charge in [-0.25, -0.2) is 0 Å². The molecule has 0 amide bonds. The van der Waals surface area contributed by atoms with E-state index in [-0.39, 0.29) is 0 Å². The molecule has 0 heterocycles. The molecule has 0 spiro atoms. The van der Waals surface area contributed by atoms with Crippen LogP contribution < -0.4 is 25.0 Å². The van der Waals surface area contributed by atoms with E-state index in [1.165, 1.54) is 11.3 Å². The third-order valence-electron chi connectivity index (χ3n) is 4.29. The highest BCUT2D eigenvalue weighted by atomic mass is 16.5. The molecule has 2 aromatic carbocycles. The van der Waals surface area contributed by atoms with Crippen LogP contribution >= 0.6 is 0 Å². The predicted molar refractivity (Wildman–Crippen MR) is 112 cm³/mol. The summed E-state index contributed by atoms with van der Waals surface area (Å²) in [5, 5.41) is 6.67. The van der Waals surface area contributed by atoms with Crippen LogP contribution in [0, 0.1) is 0 Å². The molecule has 0 aliphatic carbocycles. The Hall–Kier alpha value is -2.89. The van der Waals surface area contributed by atoms with Gasteiger partial charge < -0.3 is 25.0 Å². The molecule has 0 aliphatic rings. The van der Waals surface area contributed by atoms with E-state index in [9.17, 15) is 0 Å². The van der Waals surface area contributed by atoms with E-state index in [0.29, 0.717) is 6.54 Å². The lowest BCUT2D eigenvalue weighted by molar-refractivity contribution is 0.354. The van der Waals surface area contributed by atoms with Crippen LogP contribution in [-0.2, 0) is 13.0 Å². The zero-order chi connectivity index (χ0) is 19.6. The Morgan fingerprint density at radius 1 is 0.926 bits per heavy atom. The van der Waals surface area contributed by atoms with Crippen LogP contribution in [0.5, 0.6) is 11.5 Å². The summed E-state index contributed by atoms with van der Waals surface area (Å²) in [6.45, 7) is 1.46. The number of ether oxygens (including phenoxy) is 2. The van der Waals surface area contributed by atoms with Gasteiger partial charge in [-0.2, -0.15) is 0 Å². The Labute approximate surface area is 162 Å². The molecule has 0 aromatic heterocycles. The maximum atomic E-state index is 5.35. The maximum absolute atomic E-state index is 5.35. The number of aliphatic imine (C=N–C) groups is 1. The van der Waals surface area contributed by atoms with Crippen LogP contribution in [0.3, 0.4) is 0 Å². The van der Waals surface area contributed by atoms with Crippen molar-refractivity contribution >= 4 is 11.6 Å². The first-order valence-corrected chi connectivity index (χ1v) is 8.99. The molecule has 6 heteroatoms. The Balaban J connectivity index is 1.82. The second-order valence-electron chi connectivity index (χ2n) is 6.35. The number of hydrogen-bond acceptors (Lipinski definition) is 4. The van der Waals surface area contributed by atoms with Crippen molar-refractivity contribution in [2.45, 2.75) is 13.0 Å². The first-order valence-electron chi connectivity index (χ1n) is 8.99. The molecule has 2 rings (SSSR count). The minimum absolute atomic E-state index is 0.650. The van der Waals surface area contributed by atoms with Crippen molar-refractivity contribution in [3.8, 4) is 11.5 Å². The lowest BCUT2D eigenvalue weighted by Crippen LogP contribution is -2.37. The second-order valence-corrected chi connectivity index (χ2v) is 6.35. The van der Waals surface area contributed by atoms with E-state index in [2.05, 4.69) is 44.8 Å². The molecule has 2 N–H and O–H groups in total. The number of nitrogens with one attached hydrogen (secondary N) is 2. The third kappa shape index (κ3) is 6.09. The summed E-state index contributed by atoms with van der Waals surface area (Å²) in [7, 11) is 9.14. The average molecular weight is 370 g/mol. The van der Waals surface area contributed by atoms with Gasteiger partial charge in [-0.15, -0.1) is 0 Å². The van der Waals surface area contributed by atoms with Crippen molar-refractivity contribution < 1.29 is 9.47 Å². The summed E-state index contributed by atoms with van der Waals surface area (Å²) in [6.07, 6.45) is 0.935. The van der Waals surface area contributed by atoms with E-state index in [1.54, 1.807) is 21.3 Å². The number of rotatable bonds is 8. The van der Waals surface area contributed by atoms with Gasteiger partial charge in [0.05, 0.1) is 14.2 Å². The highest BCUT2D eigenvalue weighted by Gasteiger charge is 2.05. The molecule has 0 fully saturated rings. The van der Waals surface area contributed by atoms with Gasteiger partial charge in [0.1, 0.15) is 0 Å². The highest BCUT2D eigenvalue weighted by molar-refractivity contribution is 5.79. The zero-order valence-corrected chi connectivity index (χ0v) is 16.9. The molecule has 2 aromatic rings. The van der Waals surface area contributed by atoms with Gasteiger partial charge in [-0.05, 0) is 41.8 Å². The fourth-order valence-electron chi connectivity index (χ4n) is 2.68. The molecule has 0 atom stereocenters. The van der Waals surface area contributed by atoms with Crippen LogP contribution in [0.2, 0.25) is 0 Å². The number of benzene rings is 2. The van der Waals surface area contributed by atoms with Gasteiger partial charge in [0.15, 0.2) is 17.5 Å². The number of hydrogen-bond donors (Lipinski definition) is 2. The molecule has 146 valence electrons. The van der Waals surface area contributed by atoms with Crippen LogP contribution in [0.25, 0.3) is 0 Å². The second kappa shape index (κ2) is 10.3. The smallest absolute Gasteiger partial charge is 0.191 e. The Morgan fingerprint density at radius 2 is 1.59 bits per heavy atom. The third-order valence-corrected chi connectivity index (χ3v) is 4.29. The molecule has 0 saturated carbocycles. The molecule has 0 radical (unpaired) electrons. The Morgan fingerprint density at radius 3 is 2.19 bits per heavy atom. The van der Waals surface area contributed by atoms with Crippen molar-refractivity contribution in [3.05, 3.63) is 53.6 Å². The lowest BCUT2D eigenvalue weighted by atomic mass is 10.1. The maximum Gasteiger partial charge on any atom is 0.191 e. The van der Waals surface area contributed by atoms with E-state index in [0.717, 1.165) is 36.0 Å². The summed E-state index contributed by atoms with van der Waals surface area (Å²) in [4.78, 5) is 6.38. The van der Waals surface area contributed by atoms with E-state index in [1.807, 2.05) is 32.3 Å². The average Bonchev–Trinajstić information content (AvgIpc) is 2.70. The summed E-state index contributed by atoms with van der Waals surface area (Å²) in [6, 6.07) is 14.5. The summed E-state index contributed by atoms with van der Waals surface area (Å²) < 4.78 is 10.6. The quantitative estimate of drug-likeness (QED) is 0.553. The van der Waals surface area contributed by atoms with E-state index >= 15 is 0 Å². The normalized spacial score (nSPS) is 11.1. The SMILES string of the molecule is CN=C(NCCc1ccc(N(C)C)cc1)NCc1ccc(OC)c(OC)c1.